The number of rotatable bonds is 6. The van der Waals surface area contributed by atoms with E-state index in [1.54, 1.807) is 14.2 Å². The smallest absolute Gasteiger partial charge is 0.185 e. The molecule has 0 aliphatic carbocycles. The molecule has 4 aromatic rings. The highest BCUT2D eigenvalue weighted by Crippen LogP contribution is 2.33. The van der Waals surface area contributed by atoms with Crippen molar-refractivity contribution in [2.45, 2.75) is 12.8 Å². The predicted molar refractivity (Wildman–Crippen MR) is 122 cm³/mol. The number of benzene rings is 3. The molecule has 0 amide bonds. The molecule has 0 saturated carbocycles. The zero-order chi connectivity index (χ0) is 20.9. The first kappa shape index (κ1) is 19.7. The Bertz CT molecular complexity index is 1120. The molecule has 4 rings (SSSR count). The maximum Gasteiger partial charge on any atom is 0.185 e. The predicted octanol–water partition coefficient (Wildman–Crippen LogP) is 5.40. The lowest BCUT2D eigenvalue weighted by atomic mass is 10.0. The van der Waals surface area contributed by atoms with E-state index in [-0.39, 0.29) is 5.43 Å². The highest BCUT2D eigenvalue weighted by Gasteiger charge is 2.13. The number of methoxy groups -OCH3 is 2. The number of ether oxygens (including phenoxy) is 2. The molecule has 0 atom stereocenters. The monoisotopic (exact) mass is 396 g/mol. The van der Waals surface area contributed by atoms with E-state index in [2.05, 4.69) is 0 Å². The van der Waals surface area contributed by atoms with Crippen molar-refractivity contribution >= 4 is 10.8 Å². The average molecular weight is 396 g/mol. The molecule has 0 fully saturated rings. The van der Waals surface area contributed by atoms with Crippen molar-refractivity contribution in [1.82, 2.24) is 0 Å². The van der Waals surface area contributed by atoms with Crippen LogP contribution in [0.5, 0.6) is 11.5 Å². The fraction of sp³-hybridized carbons (Fsp3) is 0.148. The minimum Gasteiger partial charge on any atom is -0.496 e. The summed E-state index contributed by atoms with van der Waals surface area (Å²) in [5.74, 6) is 1.45. The van der Waals surface area contributed by atoms with Crippen LogP contribution >= 0.6 is 0 Å². The molecule has 30 heavy (non-hydrogen) atoms. The lowest BCUT2D eigenvalue weighted by Crippen LogP contribution is -2.12. The van der Waals surface area contributed by atoms with E-state index in [0.29, 0.717) is 12.8 Å². The van der Waals surface area contributed by atoms with E-state index in [1.165, 1.54) is 0 Å². The molecule has 0 aliphatic heterocycles. The van der Waals surface area contributed by atoms with Gasteiger partial charge in [0.05, 0.1) is 14.2 Å². The number of hydrogen-bond acceptors (Lipinski definition) is 3. The van der Waals surface area contributed by atoms with Gasteiger partial charge in [0.15, 0.2) is 5.43 Å². The lowest BCUT2D eigenvalue weighted by Gasteiger charge is -2.08. The first-order valence-electron chi connectivity index (χ1n) is 9.98. The van der Waals surface area contributed by atoms with Gasteiger partial charge in [-0.3, -0.25) is 4.79 Å². The summed E-state index contributed by atoms with van der Waals surface area (Å²) in [6.45, 7) is 0. The summed E-state index contributed by atoms with van der Waals surface area (Å²) in [5, 5.41) is 1.75. The Balaban J connectivity index is 1.99. The van der Waals surface area contributed by atoms with E-state index < -0.39 is 0 Å². The van der Waals surface area contributed by atoms with Gasteiger partial charge in [-0.15, -0.1) is 0 Å². The standard InChI is InChI=1S/C27H24O3/c1-29-25-13-14-26(30-2)24-18-22(16-20-11-7-4-8-12-20)27(28)21(17-23(24)25)15-19-9-5-3-6-10-19/h3-14,17-18H,15-16H2,1-2H3. The van der Waals surface area contributed by atoms with Crippen LogP contribution in [0.25, 0.3) is 10.8 Å². The van der Waals surface area contributed by atoms with E-state index in [1.807, 2.05) is 84.9 Å². The van der Waals surface area contributed by atoms with Gasteiger partial charge in [-0.2, -0.15) is 0 Å². The van der Waals surface area contributed by atoms with E-state index in [0.717, 1.165) is 44.5 Å². The van der Waals surface area contributed by atoms with Crippen molar-refractivity contribution in [3.63, 3.8) is 0 Å². The third-order valence-electron chi connectivity index (χ3n) is 5.34. The molecule has 0 radical (unpaired) electrons. The molecular formula is C27H24O3. The van der Waals surface area contributed by atoms with Gasteiger partial charge in [0, 0.05) is 34.7 Å². The Morgan fingerprint density at radius 1 is 0.600 bits per heavy atom. The molecule has 0 spiro atoms. The minimum absolute atomic E-state index is 0.0583. The molecule has 0 N–H and O–H groups in total. The second kappa shape index (κ2) is 8.83. The highest BCUT2D eigenvalue weighted by molar-refractivity contribution is 5.93. The maximum absolute atomic E-state index is 13.6. The molecule has 3 nitrogen and oxygen atoms in total. The molecule has 0 aromatic heterocycles. The summed E-state index contributed by atoms with van der Waals surface area (Å²) in [6, 6.07) is 27.8. The quantitative estimate of drug-likeness (QED) is 0.438. The molecule has 3 heteroatoms. The van der Waals surface area contributed by atoms with Crippen LogP contribution in [0.15, 0.2) is 89.7 Å². The van der Waals surface area contributed by atoms with Crippen molar-refractivity contribution in [3.8, 4) is 11.5 Å². The Labute approximate surface area is 176 Å². The summed E-state index contributed by atoms with van der Waals surface area (Å²) in [6.07, 6.45) is 1.12. The molecular weight excluding hydrogens is 372 g/mol. The Morgan fingerprint density at radius 2 is 1.00 bits per heavy atom. The highest BCUT2D eigenvalue weighted by atomic mass is 16.5. The van der Waals surface area contributed by atoms with Crippen LogP contribution in [0.3, 0.4) is 0 Å². The summed E-state index contributed by atoms with van der Waals surface area (Å²) >= 11 is 0. The van der Waals surface area contributed by atoms with Crippen LogP contribution in [0, 0.1) is 0 Å². The van der Waals surface area contributed by atoms with E-state index >= 15 is 0 Å². The van der Waals surface area contributed by atoms with E-state index in [4.69, 9.17) is 9.47 Å². The average Bonchev–Trinajstić information content (AvgIpc) is 2.92. The first-order valence-corrected chi connectivity index (χ1v) is 9.98. The van der Waals surface area contributed by atoms with Crippen molar-refractivity contribution in [2.75, 3.05) is 14.2 Å². The van der Waals surface area contributed by atoms with Crippen molar-refractivity contribution in [1.29, 1.82) is 0 Å². The van der Waals surface area contributed by atoms with Gasteiger partial charge < -0.3 is 9.47 Å². The van der Waals surface area contributed by atoms with E-state index in [9.17, 15) is 4.79 Å². The minimum atomic E-state index is 0.0583. The molecule has 150 valence electrons. The SMILES string of the molecule is COc1ccc(OC)c2cc(Cc3ccccc3)c(=O)c(Cc3ccccc3)cc12. The van der Waals surface area contributed by atoms with Gasteiger partial charge in [-0.25, -0.2) is 0 Å². The normalized spacial score (nSPS) is 10.7. The van der Waals surface area contributed by atoms with Crippen molar-refractivity contribution < 1.29 is 9.47 Å². The van der Waals surface area contributed by atoms with Crippen LogP contribution < -0.4 is 14.9 Å². The second-order valence-corrected chi connectivity index (χ2v) is 7.29. The molecule has 0 bridgehead atoms. The van der Waals surface area contributed by atoms with Gasteiger partial charge >= 0.3 is 0 Å². The summed E-state index contributed by atoms with van der Waals surface area (Å²) in [5.41, 5.74) is 3.74. The fourth-order valence-corrected chi connectivity index (χ4v) is 3.83. The zero-order valence-corrected chi connectivity index (χ0v) is 17.2. The summed E-state index contributed by atoms with van der Waals surface area (Å²) in [7, 11) is 3.29. The number of fused-ring (bicyclic) bond motifs is 1. The van der Waals surface area contributed by atoms with Gasteiger partial charge in [0.1, 0.15) is 11.5 Å². The van der Waals surface area contributed by atoms with Gasteiger partial charge in [0.25, 0.3) is 0 Å². The van der Waals surface area contributed by atoms with Crippen LogP contribution in [-0.4, -0.2) is 14.2 Å². The Kier molecular flexibility index (Phi) is 5.80. The summed E-state index contributed by atoms with van der Waals surface area (Å²) < 4.78 is 11.2. The topological polar surface area (TPSA) is 35.5 Å². The maximum atomic E-state index is 13.6. The Hall–Kier alpha value is -3.59. The largest absolute Gasteiger partial charge is 0.496 e. The summed E-state index contributed by atoms with van der Waals surface area (Å²) in [4.78, 5) is 13.6. The third kappa shape index (κ3) is 4.06. The molecule has 0 aliphatic rings. The second-order valence-electron chi connectivity index (χ2n) is 7.29. The third-order valence-corrected chi connectivity index (χ3v) is 5.34. The Morgan fingerprint density at radius 3 is 1.37 bits per heavy atom. The van der Waals surface area contributed by atoms with Crippen LogP contribution in [0.4, 0.5) is 0 Å². The van der Waals surface area contributed by atoms with Gasteiger partial charge in [-0.1, -0.05) is 60.7 Å². The zero-order valence-electron chi connectivity index (χ0n) is 17.2. The molecule has 4 aromatic carbocycles. The van der Waals surface area contributed by atoms with Crippen LogP contribution in [0.1, 0.15) is 22.3 Å². The first-order chi connectivity index (χ1) is 14.7. The lowest BCUT2D eigenvalue weighted by molar-refractivity contribution is 0.410. The molecule has 0 heterocycles. The van der Waals surface area contributed by atoms with Crippen LogP contribution in [-0.2, 0) is 12.8 Å². The fourth-order valence-electron chi connectivity index (χ4n) is 3.83. The van der Waals surface area contributed by atoms with Gasteiger partial charge in [0.2, 0.25) is 0 Å². The van der Waals surface area contributed by atoms with Gasteiger partial charge in [-0.05, 0) is 35.4 Å². The van der Waals surface area contributed by atoms with Crippen molar-refractivity contribution in [3.05, 3.63) is 117 Å². The molecule has 0 unspecified atom stereocenters. The molecule has 0 saturated heterocycles. The number of hydrogen-bond donors (Lipinski definition) is 0. The van der Waals surface area contributed by atoms with Crippen LogP contribution in [0.2, 0.25) is 0 Å². The van der Waals surface area contributed by atoms with Crippen molar-refractivity contribution in [2.24, 2.45) is 0 Å².